The number of hydrogen-bond acceptors (Lipinski definition) is 4. The zero-order chi connectivity index (χ0) is 14.0. The topological polar surface area (TPSA) is 65.5 Å². The number of rotatable bonds is 3. The van der Waals surface area contributed by atoms with Gasteiger partial charge >= 0.3 is 5.97 Å². The highest BCUT2D eigenvalue weighted by Crippen LogP contribution is 2.28. The number of halogens is 2. The molecule has 0 bridgehead atoms. The van der Waals surface area contributed by atoms with Crippen LogP contribution in [0.25, 0.3) is 0 Å². The van der Waals surface area contributed by atoms with Gasteiger partial charge in [0.2, 0.25) is 5.76 Å². The molecule has 100 valence electrons. The van der Waals surface area contributed by atoms with E-state index in [-0.39, 0.29) is 5.76 Å². The second-order valence-electron chi connectivity index (χ2n) is 3.84. The van der Waals surface area contributed by atoms with Crippen LogP contribution in [0.4, 0.5) is 0 Å². The highest BCUT2D eigenvalue weighted by atomic mass is 127. The van der Waals surface area contributed by atoms with E-state index in [9.17, 15) is 4.79 Å². The molecule has 2 aromatic rings. The number of furan rings is 1. The molecular weight excluding hydrogens is 425 g/mol. The number of carbonyl (C=O) groups excluding carboxylic acids is 1. The molecule has 2 N–H and O–H groups in total. The van der Waals surface area contributed by atoms with E-state index in [0.29, 0.717) is 5.76 Å². The van der Waals surface area contributed by atoms with Gasteiger partial charge in [0.1, 0.15) is 5.76 Å². The van der Waals surface area contributed by atoms with Crippen LogP contribution < -0.4 is 5.73 Å². The molecule has 19 heavy (non-hydrogen) atoms. The summed E-state index contributed by atoms with van der Waals surface area (Å²) in [6, 6.07) is 8.67. The average Bonchev–Trinajstić information content (AvgIpc) is 2.89. The van der Waals surface area contributed by atoms with Gasteiger partial charge in [-0.1, -0.05) is 15.9 Å². The minimum Gasteiger partial charge on any atom is -0.463 e. The maximum absolute atomic E-state index is 11.3. The van der Waals surface area contributed by atoms with Crippen molar-refractivity contribution in [3.8, 4) is 0 Å². The molecule has 0 aliphatic rings. The normalized spacial score (nSPS) is 12.2. The summed E-state index contributed by atoms with van der Waals surface area (Å²) in [6.45, 7) is 0. The van der Waals surface area contributed by atoms with Crippen LogP contribution in [-0.4, -0.2) is 13.1 Å². The second kappa shape index (κ2) is 6.06. The Hall–Kier alpha value is -0.860. The molecule has 0 aliphatic heterocycles. The average molecular weight is 436 g/mol. The summed E-state index contributed by atoms with van der Waals surface area (Å²) in [5, 5.41) is 0. The van der Waals surface area contributed by atoms with Gasteiger partial charge in [-0.25, -0.2) is 4.79 Å². The van der Waals surface area contributed by atoms with Crippen molar-refractivity contribution in [3.05, 3.63) is 55.5 Å². The Kier molecular flexibility index (Phi) is 4.64. The van der Waals surface area contributed by atoms with Gasteiger partial charge in [-0.2, -0.15) is 0 Å². The molecule has 0 fully saturated rings. The highest BCUT2D eigenvalue weighted by Gasteiger charge is 2.19. The molecule has 1 atom stereocenters. The molecule has 0 saturated carbocycles. The third kappa shape index (κ3) is 3.18. The molecule has 1 aromatic carbocycles. The first kappa shape index (κ1) is 14.5. The summed E-state index contributed by atoms with van der Waals surface area (Å²) in [7, 11) is 1.31. The molecule has 0 spiro atoms. The van der Waals surface area contributed by atoms with Gasteiger partial charge in [-0.15, -0.1) is 0 Å². The summed E-state index contributed by atoms with van der Waals surface area (Å²) < 4.78 is 12.0. The fourth-order valence-corrected chi connectivity index (χ4v) is 2.69. The van der Waals surface area contributed by atoms with Crippen molar-refractivity contribution in [1.29, 1.82) is 0 Å². The van der Waals surface area contributed by atoms with Gasteiger partial charge < -0.3 is 14.9 Å². The van der Waals surface area contributed by atoms with Crippen LogP contribution in [0.3, 0.4) is 0 Å². The third-order valence-electron chi connectivity index (χ3n) is 2.61. The Bertz CT molecular complexity index is 612. The Morgan fingerprint density at radius 3 is 2.84 bits per heavy atom. The first-order chi connectivity index (χ1) is 9.02. The lowest BCUT2D eigenvalue weighted by Crippen LogP contribution is -2.12. The monoisotopic (exact) mass is 435 g/mol. The van der Waals surface area contributed by atoms with E-state index in [1.165, 1.54) is 7.11 Å². The zero-order valence-electron chi connectivity index (χ0n) is 10.0. The number of nitrogens with two attached hydrogens (primary N) is 1. The van der Waals surface area contributed by atoms with E-state index in [2.05, 4.69) is 43.3 Å². The van der Waals surface area contributed by atoms with Crippen LogP contribution in [0.2, 0.25) is 0 Å². The highest BCUT2D eigenvalue weighted by molar-refractivity contribution is 14.1. The van der Waals surface area contributed by atoms with E-state index < -0.39 is 12.0 Å². The van der Waals surface area contributed by atoms with Crippen LogP contribution in [0, 0.1) is 3.57 Å². The molecular formula is C13H11BrINO3. The lowest BCUT2D eigenvalue weighted by molar-refractivity contribution is 0.0562. The van der Waals surface area contributed by atoms with E-state index >= 15 is 0 Å². The molecule has 6 heteroatoms. The molecule has 1 aromatic heterocycles. The minimum absolute atomic E-state index is 0.151. The number of carbonyl (C=O) groups is 1. The first-order valence-corrected chi connectivity index (χ1v) is 7.28. The Morgan fingerprint density at radius 2 is 2.16 bits per heavy atom. The molecule has 1 heterocycles. The van der Waals surface area contributed by atoms with E-state index in [0.717, 1.165) is 13.6 Å². The SMILES string of the molecule is COC(=O)c1ccc(C(N)c2cc(Br)ccc2I)o1. The van der Waals surface area contributed by atoms with Crippen molar-refractivity contribution in [2.75, 3.05) is 7.11 Å². The van der Waals surface area contributed by atoms with Crippen molar-refractivity contribution in [1.82, 2.24) is 0 Å². The maximum atomic E-state index is 11.3. The van der Waals surface area contributed by atoms with Crippen LogP contribution in [0.15, 0.2) is 39.2 Å². The summed E-state index contributed by atoms with van der Waals surface area (Å²) in [6.07, 6.45) is 0. The zero-order valence-corrected chi connectivity index (χ0v) is 13.8. The van der Waals surface area contributed by atoms with Gasteiger partial charge in [0.25, 0.3) is 0 Å². The third-order valence-corrected chi connectivity index (χ3v) is 4.09. The molecule has 4 nitrogen and oxygen atoms in total. The van der Waals surface area contributed by atoms with Crippen LogP contribution in [-0.2, 0) is 4.74 Å². The lowest BCUT2D eigenvalue weighted by Gasteiger charge is -2.12. The number of esters is 1. The predicted molar refractivity (Wildman–Crippen MR) is 82.9 cm³/mol. The summed E-state index contributed by atoms with van der Waals surface area (Å²) in [4.78, 5) is 11.3. The number of benzene rings is 1. The van der Waals surface area contributed by atoms with E-state index in [1.807, 2.05) is 18.2 Å². The van der Waals surface area contributed by atoms with E-state index in [1.54, 1.807) is 12.1 Å². The van der Waals surface area contributed by atoms with Crippen molar-refractivity contribution in [2.24, 2.45) is 5.73 Å². The first-order valence-electron chi connectivity index (χ1n) is 5.41. The van der Waals surface area contributed by atoms with Crippen molar-refractivity contribution in [2.45, 2.75) is 6.04 Å². The van der Waals surface area contributed by atoms with Crippen molar-refractivity contribution >= 4 is 44.5 Å². The molecule has 0 aliphatic carbocycles. The molecule has 0 radical (unpaired) electrons. The second-order valence-corrected chi connectivity index (χ2v) is 5.91. The van der Waals surface area contributed by atoms with Crippen molar-refractivity contribution < 1.29 is 13.9 Å². The standard InChI is InChI=1S/C13H11BrINO3/c1-18-13(17)11-5-4-10(19-11)12(16)8-6-7(14)2-3-9(8)15/h2-6,12H,16H2,1H3. The van der Waals surface area contributed by atoms with Gasteiger partial charge in [0.05, 0.1) is 13.2 Å². The minimum atomic E-state index is -0.512. The summed E-state index contributed by atoms with van der Waals surface area (Å²) in [5.41, 5.74) is 7.10. The quantitative estimate of drug-likeness (QED) is 0.592. The molecule has 2 rings (SSSR count). The maximum Gasteiger partial charge on any atom is 0.373 e. The van der Waals surface area contributed by atoms with Crippen LogP contribution in [0.5, 0.6) is 0 Å². The Morgan fingerprint density at radius 1 is 1.42 bits per heavy atom. The largest absolute Gasteiger partial charge is 0.463 e. The van der Waals surface area contributed by atoms with Crippen LogP contribution in [0.1, 0.15) is 27.9 Å². The molecule has 0 saturated heterocycles. The van der Waals surface area contributed by atoms with Gasteiger partial charge in [-0.3, -0.25) is 0 Å². The van der Waals surface area contributed by atoms with Crippen molar-refractivity contribution in [3.63, 3.8) is 0 Å². The Balaban J connectivity index is 2.33. The lowest BCUT2D eigenvalue weighted by atomic mass is 10.1. The number of ether oxygens (including phenoxy) is 1. The fourth-order valence-electron chi connectivity index (χ4n) is 1.64. The molecule has 1 unspecified atom stereocenters. The van der Waals surface area contributed by atoms with E-state index in [4.69, 9.17) is 10.2 Å². The van der Waals surface area contributed by atoms with Gasteiger partial charge in [-0.05, 0) is 58.5 Å². The summed E-state index contributed by atoms with van der Waals surface area (Å²) >= 11 is 5.63. The number of hydrogen-bond donors (Lipinski definition) is 1. The fraction of sp³-hybridized carbons (Fsp3) is 0.154. The predicted octanol–water partition coefficient (Wildman–Crippen LogP) is 3.48. The Labute approximate surface area is 132 Å². The van der Waals surface area contributed by atoms with Gasteiger partial charge in [0, 0.05) is 8.04 Å². The van der Waals surface area contributed by atoms with Gasteiger partial charge in [0.15, 0.2) is 0 Å². The number of methoxy groups -OCH3 is 1. The molecule has 0 amide bonds. The summed E-state index contributed by atoms with van der Waals surface area (Å²) in [5.74, 6) is 0.164. The van der Waals surface area contributed by atoms with Crippen LogP contribution >= 0.6 is 38.5 Å². The smallest absolute Gasteiger partial charge is 0.373 e.